The van der Waals surface area contributed by atoms with Gasteiger partial charge in [-0.2, -0.15) is 0 Å². The number of hydrogen-bond donors (Lipinski definition) is 1. The van der Waals surface area contributed by atoms with E-state index in [4.69, 9.17) is 0 Å². The highest BCUT2D eigenvalue weighted by Gasteiger charge is 2.14. The van der Waals surface area contributed by atoms with E-state index in [0.717, 1.165) is 36.2 Å². The molecule has 0 bridgehead atoms. The monoisotopic (exact) mass is 230 g/mol. The standard InChI is InChI=1S/C14H18N2O/c1-3-10-16-12(4-2)13(14(17)15-16)11-8-6-5-7-9-11/h5-9H,3-4,10H2,1-2H3,(H,15,17). The highest BCUT2D eigenvalue weighted by atomic mass is 16.1. The second-order valence-corrected chi connectivity index (χ2v) is 4.13. The highest BCUT2D eigenvalue weighted by molar-refractivity contribution is 5.65. The molecule has 0 radical (unpaired) electrons. The molecule has 0 saturated carbocycles. The summed E-state index contributed by atoms with van der Waals surface area (Å²) in [5.74, 6) is 0. The molecule has 1 N–H and O–H groups in total. The largest absolute Gasteiger partial charge is 0.289 e. The zero-order valence-electron chi connectivity index (χ0n) is 10.4. The molecular weight excluding hydrogens is 212 g/mol. The Morgan fingerprint density at radius 2 is 1.88 bits per heavy atom. The lowest BCUT2D eigenvalue weighted by atomic mass is 10.1. The van der Waals surface area contributed by atoms with Gasteiger partial charge >= 0.3 is 0 Å². The van der Waals surface area contributed by atoms with E-state index in [1.165, 1.54) is 0 Å². The lowest BCUT2D eigenvalue weighted by Crippen LogP contribution is -2.07. The molecule has 0 amide bonds. The van der Waals surface area contributed by atoms with Crippen molar-refractivity contribution in [1.82, 2.24) is 9.78 Å². The molecule has 0 aliphatic heterocycles. The summed E-state index contributed by atoms with van der Waals surface area (Å²) in [5, 5.41) is 2.92. The minimum Gasteiger partial charge on any atom is -0.289 e. The molecule has 1 aromatic carbocycles. The summed E-state index contributed by atoms with van der Waals surface area (Å²) in [4.78, 5) is 12.0. The lowest BCUT2D eigenvalue weighted by molar-refractivity contribution is 0.573. The van der Waals surface area contributed by atoms with E-state index in [1.54, 1.807) is 0 Å². The fourth-order valence-electron chi connectivity index (χ4n) is 2.20. The van der Waals surface area contributed by atoms with Crippen molar-refractivity contribution in [1.29, 1.82) is 0 Å². The first kappa shape index (κ1) is 11.7. The van der Waals surface area contributed by atoms with Crippen LogP contribution in [0.2, 0.25) is 0 Å². The topological polar surface area (TPSA) is 37.8 Å². The number of benzene rings is 1. The van der Waals surface area contributed by atoms with Gasteiger partial charge in [-0.3, -0.25) is 14.6 Å². The van der Waals surface area contributed by atoms with Crippen molar-refractivity contribution in [2.45, 2.75) is 33.2 Å². The van der Waals surface area contributed by atoms with Gasteiger partial charge in [0.1, 0.15) is 0 Å². The molecule has 0 aliphatic rings. The minimum absolute atomic E-state index is 0.0153. The average Bonchev–Trinajstić information content (AvgIpc) is 2.67. The Morgan fingerprint density at radius 3 is 2.47 bits per heavy atom. The van der Waals surface area contributed by atoms with Gasteiger partial charge in [-0.15, -0.1) is 0 Å². The van der Waals surface area contributed by atoms with E-state index in [0.29, 0.717) is 0 Å². The molecule has 3 nitrogen and oxygen atoms in total. The Kier molecular flexibility index (Phi) is 3.47. The Balaban J connectivity index is 2.57. The van der Waals surface area contributed by atoms with Crippen molar-refractivity contribution in [3.05, 3.63) is 46.4 Å². The molecule has 17 heavy (non-hydrogen) atoms. The first-order valence-corrected chi connectivity index (χ1v) is 6.15. The second-order valence-electron chi connectivity index (χ2n) is 4.13. The fraction of sp³-hybridized carbons (Fsp3) is 0.357. The first-order valence-electron chi connectivity index (χ1n) is 6.15. The second kappa shape index (κ2) is 5.04. The van der Waals surface area contributed by atoms with Crippen molar-refractivity contribution in [2.24, 2.45) is 0 Å². The number of aromatic amines is 1. The van der Waals surface area contributed by atoms with Gasteiger partial charge in [-0.05, 0) is 18.4 Å². The number of hydrogen-bond acceptors (Lipinski definition) is 1. The van der Waals surface area contributed by atoms with Crippen LogP contribution in [0.15, 0.2) is 35.1 Å². The molecule has 90 valence electrons. The number of aryl methyl sites for hydroxylation is 1. The Bertz CT molecular complexity index is 537. The number of rotatable bonds is 4. The van der Waals surface area contributed by atoms with E-state index in [-0.39, 0.29) is 5.56 Å². The third kappa shape index (κ3) is 2.18. The number of nitrogens with one attached hydrogen (secondary N) is 1. The maximum absolute atomic E-state index is 12.0. The molecule has 0 saturated heterocycles. The number of aromatic nitrogens is 2. The predicted octanol–water partition coefficient (Wildman–Crippen LogP) is 2.82. The summed E-state index contributed by atoms with van der Waals surface area (Å²) in [7, 11) is 0. The Morgan fingerprint density at radius 1 is 1.18 bits per heavy atom. The average molecular weight is 230 g/mol. The van der Waals surface area contributed by atoms with E-state index < -0.39 is 0 Å². The fourth-order valence-corrected chi connectivity index (χ4v) is 2.20. The molecule has 3 heteroatoms. The molecule has 0 spiro atoms. The zero-order valence-corrected chi connectivity index (χ0v) is 10.4. The summed E-state index contributed by atoms with van der Waals surface area (Å²) < 4.78 is 1.98. The molecule has 1 heterocycles. The lowest BCUT2D eigenvalue weighted by Gasteiger charge is -2.06. The van der Waals surface area contributed by atoms with Crippen molar-refractivity contribution >= 4 is 0 Å². The zero-order chi connectivity index (χ0) is 12.3. The van der Waals surface area contributed by atoms with Crippen LogP contribution >= 0.6 is 0 Å². The van der Waals surface area contributed by atoms with E-state index in [2.05, 4.69) is 18.9 Å². The molecule has 0 aliphatic carbocycles. The van der Waals surface area contributed by atoms with Crippen molar-refractivity contribution < 1.29 is 0 Å². The SMILES string of the molecule is CCCn1[nH]c(=O)c(-c2ccccc2)c1CC. The van der Waals surface area contributed by atoms with Crippen molar-refractivity contribution in [3.8, 4) is 11.1 Å². The third-order valence-corrected chi connectivity index (χ3v) is 2.92. The predicted molar refractivity (Wildman–Crippen MR) is 70.2 cm³/mol. The Labute approximate surface area is 101 Å². The van der Waals surface area contributed by atoms with Crippen LogP contribution in [0.4, 0.5) is 0 Å². The third-order valence-electron chi connectivity index (χ3n) is 2.92. The van der Waals surface area contributed by atoms with Gasteiger partial charge < -0.3 is 0 Å². The molecule has 1 aromatic heterocycles. The summed E-state index contributed by atoms with van der Waals surface area (Å²) >= 11 is 0. The summed E-state index contributed by atoms with van der Waals surface area (Å²) in [5.41, 5.74) is 2.94. The normalized spacial score (nSPS) is 10.7. The van der Waals surface area contributed by atoms with Crippen molar-refractivity contribution in [3.63, 3.8) is 0 Å². The van der Waals surface area contributed by atoms with E-state index in [9.17, 15) is 4.79 Å². The smallest absolute Gasteiger partial charge is 0.272 e. The molecule has 0 atom stereocenters. The van der Waals surface area contributed by atoms with Gasteiger partial charge in [0, 0.05) is 12.2 Å². The first-order chi connectivity index (χ1) is 8.27. The van der Waals surface area contributed by atoms with Crippen LogP contribution in [-0.4, -0.2) is 9.78 Å². The van der Waals surface area contributed by atoms with Gasteiger partial charge in [0.25, 0.3) is 5.56 Å². The van der Waals surface area contributed by atoms with Crippen LogP contribution in [-0.2, 0) is 13.0 Å². The van der Waals surface area contributed by atoms with E-state index >= 15 is 0 Å². The maximum atomic E-state index is 12.0. The molecule has 0 fully saturated rings. The molecule has 2 rings (SSSR count). The van der Waals surface area contributed by atoms with Gasteiger partial charge in [0.05, 0.1) is 5.56 Å². The van der Waals surface area contributed by atoms with Crippen LogP contribution in [0.3, 0.4) is 0 Å². The van der Waals surface area contributed by atoms with Gasteiger partial charge in [0.2, 0.25) is 0 Å². The van der Waals surface area contributed by atoms with Gasteiger partial charge in [-0.1, -0.05) is 44.2 Å². The highest BCUT2D eigenvalue weighted by Crippen LogP contribution is 2.20. The molecular formula is C14H18N2O. The van der Waals surface area contributed by atoms with Gasteiger partial charge in [-0.25, -0.2) is 0 Å². The van der Waals surface area contributed by atoms with Crippen LogP contribution in [0.5, 0.6) is 0 Å². The Hall–Kier alpha value is -1.77. The van der Waals surface area contributed by atoms with Crippen LogP contribution < -0.4 is 5.56 Å². The van der Waals surface area contributed by atoms with Crippen LogP contribution in [0.25, 0.3) is 11.1 Å². The number of H-pyrrole nitrogens is 1. The van der Waals surface area contributed by atoms with Crippen LogP contribution in [0, 0.1) is 0 Å². The van der Waals surface area contributed by atoms with Crippen molar-refractivity contribution in [2.75, 3.05) is 0 Å². The van der Waals surface area contributed by atoms with Gasteiger partial charge in [0.15, 0.2) is 0 Å². The van der Waals surface area contributed by atoms with Crippen LogP contribution in [0.1, 0.15) is 26.0 Å². The quantitative estimate of drug-likeness (QED) is 0.861. The molecule has 2 aromatic rings. The maximum Gasteiger partial charge on any atom is 0.272 e. The van der Waals surface area contributed by atoms with E-state index in [1.807, 2.05) is 35.0 Å². The summed E-state index contributed by atoms with van der Waals surface area (Å²) in [6.45, 7) is 5.06. The number of nitrogens with zero attached hydrogens (tertiary/aromatic N) is 1. The molecule has 0 unspecified atom stereocenters. The summed E-state index contributed by atoms with van der Waals surface area (Å²) in [6.07, 6.45) is 1.88. The minimum atomic E-state index is 0.0153. The summed E-state index contributed by atoms with van der Waals surface area (Å²) in [6, 6.07) is 9.86.